The maximum atomic E-state index is 12.6. The second-order valence-electron chi connectivity index (χ2n) is 9.35. The molecule has 0 atom stereocenters. The fourth-order valence-corrected chi connectivity index (χ4v) is 4.48. The van der Waals surface area contributed by atoms with Gasteiger partial charge in [-0.05, 0) is 62.1 Å². The van der Waals surface area contributed by atoms with E-state index in [0.29, 0.717) is 17.2 Å². The van der Waals surface area contributed by atoms with E-state index in [0.717, 1.165) is 17.0 Å². The van der Waals surface area contributed by atoms with E-state index in [4.69, 9.17) is 4.74 Å². The predicted molar refractivity (Wildman–Crippen MR) is 121 cm³/mol. The van der Waals surface area contributed by atoms with Crippen LogP contribution in [0.15, 0.2) is 54.6 Å². The first-order valence-electron chi connectivity index (χ1n) is 9.87. The van der Waals surface area contributed by atoms with Gasteiger partial charge in [-0.1, -0.05) is 39.0 Å². The van der Waals surface area contributed by atoms with Crippen molar-refractivity contribution in [2.24, 2.45) is 5.41 Å². The highest BCUT2D eigenvalue weighted by Crippen LogP contribution is 2.28. The minimum absolute atomic E-state index is 0.0296. The van der Waals surface area contributed by atoms with Crippen molar-refractivity contribution in [3.8, 4) is 11.5 Å². The standard InChI is InChI=1S/C23H32N2O4S/c1-22(2,3)17-23(4,5)24-21(26)16-25(30(6,27)28)18-12-14-20(15-13-18)29-19-10-8-7-9-11-19/h7-15H,16-17H2,1-6H3,(H,24,26). The number of nitrogens with zero attached hydrogens (tertiary/aromatic N) is 1. The molecule has 1 N–H and O–H groups in total. The molecule has 0 saturated heterocycles. The molecule has 0 aliphatic rings. The molecule has 0 saturated carbocycles. The van der Waals surface area contributed by atoms with Crippen LogP contribution in [0.2, 0.25) is 0 Å². The van der Waals surface area contributed by atoms with E-state index in [1.165, 1.54) is 0 Å². The number of para-hydroxylation sites is 1. The Morgan fingerprint density at radius 1 is 0.933 bits per heavy atom. The highest BCUT2D eigenvalue weighted by molar-refractivity contribution is 7.92. The van der Waals surface area contributed by atoms with E-state index in [1.807, 2.05) is 44.2 Å². The molecule has 0 aromatic heterocycles. The van der Waals surface area contributed by atoms with E-state index >= 15 is 0 Å². The Morgan fingerprint density at radius 2 is 1.47 bits per heavy atom. The summed E-state index contributed by atoms with van der Waals surface area (Å²) < 4.78 is 31.5. The highest BCUT2D eigenvalue weighted by Gasteiger charge is 2.29. The number of hydrogen-bond donors (Lipinski definition) is 1. The van der Waals surface area contributed by atoms with Crippen molar-refractivity contribution in [2.75, 3.05) is 17.1 Å². The lowest BCUT2D eigenvalue weighted by Gasteiger charge is -2.34. The van der Waals surface area contributed by atoms with Gasteiger partial charge in [-0.3, -0.25) is 9.10 Å². The van der Waals surface area contributed by atoms with Crippen LogP contribution < -0.4 is 14.4 Å². The van der Waals surface area contributed by atoms with Gasteiger partial charge in [0.15, 0.2) is 0 Å². The number of benzene rings is 2. The summed E-state index contributed by atoms with van der Waals surface area (Å²) in [7, 11) is -3.64. The molecule has 0 radical (unpaired) electrons. The lowest BCUT2D eigenvalue weighted by molar-refractivity contribution is -0.121. The van der Waals surface area contributed by atoms with Crippen molar-refractivity contribution in [1.29, 1.82) is 0 Å². The van der Waals surface area contributed by atoms with Gasteiger partial charge >= 0.3 is 0 Å². The summed E-state index contributed by atoms with van der Waals surface area (Å²) in [5, 5.41) is 2.96. The summed E-state index contributed by atoms with van der Waals surface area (Å²) in [5.41, 5.74) is -0.0185. The van der Waals surface area contributed by atoms with Gasteiger partial charge in [0.25, 0.3) is 0 Å². The van der Waals surface area contributed by atoms with Crippen LogP contribution in [0.3, 0.4) is 0 Å². The molecule has 0 aliphatic carbocycles. The van der Waals surface area contributed by atoms with E-state index in [1.54, 1.807) is 24.3 Å². The second kappa shape index (κ2) is 9.08. The number of amides is 1. The fraction of sp³-hybridized carbons (Fsp3) is 0.435. The van der Waals surface area contributed by atoms with Crippen molar-refractivity contribution in [3.05, 3.63) is 54.6 Å². The monoisotopic (exact) mass is 432 g/mol. The maximum absolute atomic E-state index is 12.6. The van der Waals surface area contributed by atoms with E-state index < -0.39 is 15.6 Å². The number of nitrogens with one attached hydrogen (secondary N) is 1. The third-order valence-corrected chi connectivity index (χ3v) is 5.38. The van der Waals surface area contributed by atoms with Gasteiger partial charge in [-0.15, -0.1) is 0 Å². The Hall–Kier alpha value is -2.54. The van der Waals surface area contributed by atoms with Gasteiger partial charge in [0.1, 0.15) is 18.0 Å². The lowest BCUT2D eigenvalue weighted by atomic mass is 9.82. The lowest BCUT2D eigenvalue weighted by Crippen LogP contribution is -2.50. The van der Waals surface area contributed by atoms with Crippen LogP contribution in [0.4, 0.5) is 5.69 Å². The Bertz CT molecular complexity index is 947. The van der Waals surface area contributed by atoms with Gasteiger partial charge in [0.2, 0.25) is 15.9 Å². The molecule has 0 bridgehead atoms. The Labute approximate surface area is 180 Å². The van der Waals surface area contributed by atoms with Crippen molar-refractivity contribution in [1.82, 2.24) is 5.32 Å². The number of anilines is 1. The molecule has 1 amide bonds. The van der Waals surface area contributed by atoms with Gasteiger partial charge in [-0.2, -0.15) is 0 Å². The van der Waals surface area contributed by atoms with Gasteiger partial charge < -0.3 is 10.1 Å². The number of sulfonamides is 1. The number of rotatable bonds is 8. The van der Waals surface area contributed by atoms with Crippen LogP contribution in [0.1, 0.15) is 41.0 Å². The van der Waals surface area contributed by atoms with Crippen LogP contribution in [0.5, 0.6) is 11.5 Å². The molecule has 0 fully saturated rings. The summed E-state index contributed by atoms with van der Waals surface area (Å²) >= 11 is 0. The van der Waals surface area contributed by atoms with Crippen molar-refractivity contribution in [2.45, 2.75) is 46.6 Å². The number of carbonyl (C=O) groups is 1. The minimum Gasteiger partial charge on any atom is -0.457 e. The van der Waals surface area contributed by atoms with E-state index in [9.17, 15) is 13.2 Å². The van der Waals surface area contributed by atoms with Gasteiger partial charge in [0, 0.05) is 5.54 Å². The summed E-state index contributed by atoms with van der Waals surface area (Å²) in [4.78, 5) is 12.6. The van der Waals surface area contributed by atoms with Crippen LogP contribution in [-0.2, 0) is 14.8 Å². The number of ether oxygens (including phenoxy) is 1. The van der Waals surface area contributed by atoms with Gasteiger partial charge in [0.05, 0.1) is 11.9 Å². The maximum Gasteiger partial charge on any atom is 0.241 e. The van der Waals surface area contributed by atoms with E-state index in [2.05, 4.69) is 26.1 Å². The molecular formula is C23H32N2O4S. The van der Waals surface area contributed by atoms with Crippen LogP contribution in [0.25, 0.3) is 0 Å². The predicted octanol–water partition coefficient (Wildman–Crippen LogP) is 4.58. The molecule has 0 unspecified atom stereocenters. The highest BCUT2D eigenvalue weighted by atomic mass is 32.2. The zero-order valence-corrected chi connectivity index (χ0v) is 19.4. The molecule has 0 aliphatic heterocycles. The molecule has 2 aromatic carbocycles. The average molecular weight is 433 g/mol. The number of hydrogen-bond acceptors (Lipinski definition) is 4. The molecule has 6 nitrogen and oxygen atoms in total. The van der Waals surface area contributed by atoms with Crippen LogP contribution in [0, 0.1) is 5.41 Å². The Morgan fingerprint density at radius 3 is 1.97 bits per heavy atom. The Kier molecular flexibility index (Phi) is 7.18. The third kappa shape index (κ3) is 7.71. The average Bonchev–Trinajstić information content (AvgIpc) is 2.58. The van der Waals surface area contributed by atoms with E-state index in [-0.39, 0.29) is 17.9 Å². The van der Waals surface area contributed by atoms with Gasteiger partial charge in [-0.25, -0.2) is 8.42 Å². The molecule has 0 heterocycles. The van der Waals surface area contributed by atoms with Crippen LogP contribution >= 0.6 is 0 Å². The molecular weight excluding hydrogens is 400 g/mol. The zero-order valence-electron chi connectivity index (χ0n) is 18.6. The summed E-state index contributed by atoms with van der Waals surface area (Å²) in [6.45, 7) is 9.90. The quantitative estimate of drug-likeness (QED) is 0.663. The first-order valence-corrected chi connectivity index (χ1v) is 11.7. The zero-order chi connectivity index (χ0) is 22.6. The summed E-state index contributed by atoms with van der Waals surface area (Å²) in [6, 6.07) is 15.9. The molecule has 2 aromatic rings. The second-order valence-corrected chi connectivity index (χ2v) is 11.3. The minimum atomic E-state index is -3.64. The van der Waals surface area contributed by atoms with Crippen LogP contribution in [-0.4, -0.2) is 32.7 Å². The smallest absolute Gasteiger partial charge is 0.241 e. The summed E-state index contributed by atoms with van der Waals surface area (Å²) in [5.74, 6) is 0.916. The third-order valence-electron chi connectivity index (χ3n) is 4.24. The van der Waals surface area contributed by atoms with Crippen molar-refractivity contribution >= 4 is 21.6 Å². The SMILES string of the molecule is CC(C)(C)CC(C)(C)NC(=O)CN(c1ccc(Oc2ccccc2)cc1)S(C)(=O)=O. The Balaban J connectivity index is 2.13. The largest absolute Gasteiger partial charge is 0.457 e. The molecule has 30 heavy (non-hydrogen) atoms. The van der Waals surface area contributed by atoms with Crippen molar-refractivity contribution < 1.29 is 17.9 Å². The normalized spacial score (nSPS) is 12.3. The fourth-order valence-electron chi connectivity index (χ4n) is 3.62. The molecule has 7 heteroatoms. The van der Waals surface area contributed by atoms with Crippen molar-refractivity contribution in [3.63, 3.8) is 0 Å². The molecule has 0 spiro atoms. The molecule has 2 rings (SSSR count). The summed E-state index contributed by atoms with van der Waals surface area (Å²) in [6.07, 6.45) is 1.85. The molecule has 164 valence electrons. The first-order chi connectivity index (χ1) is 13.8. The first kappa shape index (κ1) is 23.7. The topological polar surface area (TPSA) is 75.7 Å². The number of carbonyl (C=O) groups excluding carboxylic acids is 1.